The van der Waals surface area contributed by atoms with Crippen molar-refractivity contribution < 1.29 is 19.0 Å². The third-order valence-corrected chi connectivity index (χ3v) is 11.9. The van der Waals surface area contributed by atoms with E-state index in [-0.39, 0.29) is 17.6 Å². The normalized spacial score (nSPS) is 17.1. The van der Waals surface area contributed by atoms with Crippen LogP contribution >= 0.6 is 0 Å². The zero-order valence-corrected chi connectivity index (χ0v) is 25.8. The number of hydrogen-bond acceptors (Lipinski definition) is 4. The number of nitrogens with zero attached hydrogens (tertiary/aromatic N) is 3. The van der Waals surface area contributed by atoms with E-state index in [0.717, 1.165) is 5.56 Å². The fraction of sp³-hybridized carbons (Fsp3) is 0.294. The van der Waals surface area contributed by atoms with Crippen molar-refractivity contribution in [3.05, 3.63) is 100 Å². The van der Waals surface area contributed by atoms with Gasteiger partial charge in [0.05, 0.1) is 0 Å². The van der Waals surface area contributed by atoms with E-state index in [1.165, 1.54) is 55.5 Å². The summed E-state index contributed by atoms with van der Waals surface area (Å²) in [6.45, 7) is 5.22. The van der Waals surface area contributed by atoms with Gasteiger partial charge in [0.15, 0.2) is 11.5 Å². The van der Waals surface area contributed by atoms with Crippen LogP contribution in [-0.2, 0) is 9.59 Å². The Kier molecular flexibility index (Phi) is 7.66. The summed E-state index contributed by atoms with van der Waals surface area (Å²) in [6, 6.07) is 14.8. The lowest BCUT2D eigenvalue weighted by Gasteiger charge is -2.38. The van der Waals surface area contributed by atoms with Crippen molar-refractivity contribution in [1.82, 2.24) is 4.90 Å². The van der Waals surface area contributed by atoms with Crippen LogP contribution in [0.5, 0.6) is 0 Å². The maximum Gasteiger partial charge on any atom is 0.253 e. The third kappa shape index (κ3) is 5.34. The van der Waals surface area contributed by atoms with Crippen LogP contribution in [0.4, 0.5) is 5.69 Å². The van der Waals surface area contributed by atoms with Crippen LogP contribution in [0.15, 0.2) is 83.6 Å². The molecule has 210 valence electrons. The molecule has 0 unspecified atom stereocenters. The number of benzene rings is 2. The van der Waals surface area contributed by atoms with Gasteiger partial charge in [-0.05, 0) is 63.7 Å². The van der Waals surface area contributed by atoms with Gasteiger partial charge < -0.3 is 4.90 Å². The second kappa shape index (κ2) is 11.1. The molecule has 41 heavy (non-hydrogen) atoms. The van der Waals surface area contributed by atoms with Crippen LogP contribution < -0.4 is 10.1 Å². The molecule has 1 aliphatic carbocycles. The molecule has 0 saturated heterocycles. The average molecular weight is 565 g/mol. The summed E-state index contributed by atoms with van der Waals surface area (Å²) >= 11 is 0. The van der Waals surface area contributed by atoms with Crippen LogP contribution in [0.25, 0.3) is 5.57 Å². The van der Waals surface area contributed by atoms with Crippen LogP contribution in [0.2, 0.25) is 13.1 Å². The van der Waals surface area contributed by atoms with Crippen molar-refractivity contribution in [2.24, 2.45) is 0 Å². The molecule has 2 heterocycles. The predicted octanol–water partition coefficient (Wildman–Crippen LogP) is 4.51. The number of amides is 2. The summed E-state index contributed by atoms with van der Waals surface area (Å²) in [7, 11) is 6.33. The van der Waals surface area contributed by atoms with Gasteiger partial charge in [-0.3, -0.25) is 19.3 Å². The molecule has 2 aromatic rings. The maximum atomic E-state index is 13.0. The Bertz CT molecular complexity index is 1580. The molecule has 0 radical (unpaired) electrons. The molecular formula is C34H38N3O3Si+. The number of ketones is 1. The highest BCUT2D eigenvalue weighted by molar-refractivity contribution is 6.98. The predicted molar refractivity (Wildman–Crippen MR) is 169 cm³/mol. The number of fused-ring (bicyclic) bond motifs is 2. The Hall–Kier alpha value is -4.10. The van der Waals surface area contributed by atoms with Gasteiger partial charge in [0.1, 0.15) is 22.2 Å². The van der Waals surface area contributed by atoms with E-state index in [9.17, 15) is 14.4 Å². The number of rotatable bonds is 8. The first-order chi connectivity index (χ1) is 19.5. The largest absolute Gasteiger partial charge is 0.378 e. The number of anilines is 1. The highest BCUT2D eigenvalue weighted by Gasteiger charge is 2.40. The highest BCUT2D eigenvalue weighted by atomic mass is 28.3. The molecule has 3 aliphatic rings. The van der Waals surface area contributed by atoms with Crippen molar-refractivity contribution in [3.63, 3.8) is 0 Å². The van der Waals surface area contributed by atoms with Crippen LogP contribution in [0, 0.1) is 0 Å². The maximum absolute atomic E-state index is 13.0. The van der Waals surface area contributed by atoms with Crippen LogP contribution in [-0.4, -0.2) is 75.6 Å². The van der Waals surface area contributed by atoms with E-state index >= 15 is 0 Å². The van der Waals surface area contributed by atoms with Gasteiger partial charge in [-0.1, -0.05) is 43.4 Å². The van der Waals surface area contributed by atoms with Crippen LogP contribution in [0.1, 0.15) is 40.7 Å². The number of allylic oxidation sites excluding steroid dienone is 5. The van der Waals surface area contributed by atoms with E-state index in [0.29, 0.717) is 31.4 Å². The van der Waals surface area contributed by atoms with Gasteiger partial charge >= 0.3 is 0 Å². The minimum atomic E-state index is -2.00. The first kappa shape index (κ1) is 28.4. The fourth-order valence-corrected chi connectivity index (χ4v) is 8.94. The molecule has 0 aromatic heterocycles. The third-order valence-electron chi connectivity index (χ3n) is 8.36. The van der Waals surface area contributed by atoms with Crippen LogP contribution in [0.3, 0.4) is 0 Å². The SMILES string of the molecule is CN(C)c1ccc2c(c1)[Si](C)(C)C1=CC(=[N+](C)C)C=CC1=C2c1ccc(C(=O)CCCCN2C(=O)C=CC2=O)cc1. The van der Waals surface area contributed by atoms with Gasteiger partial charge in [0.25, 0.3) is 11.8 Å². The Morgan fingerprint density at radius 1 is 0.902 bits per heavy atom. The smallest absolute Gasteiger partial charge is 0.253 e. The van der Waals surface area contributed by atoms with E-state index in [4.69, 9.17) is 0 Å². The quantitative estimate of drug-likeness (QED) is 0.156. The molecule has 2 amide bonds. The molecule has 0 fully saturated rings. The number of Topliss-reactive ketones (excluding diaryl/α,β-unsaturated/α-hetero) is 1. The Balaban J connectivity index is 1.43. The molecule has 7 heteroatoms. The lowest BCUT2D eigenvalue weighted by molar-refractivity contribution is -0.462. The molecule has 6 nitrogen and oxygen atoms in total. The summed E-state index contributed by atoms with van der Waals surface area (Å²) in [6.07, 6.45) is 11.0. The molecule has 2 aliphatic heterocycles. The van der Waals surface area contributed by atoms with Gasteiger partial charge in [0, 0.05) is 62.6 Å². The molecule has 5 rings (SSSR count). The molecule has 0 bridgehead atoms. The topological polar surface area (TPSA) is 60.7 Å². The lowest BCUT2D eigenvalue weighted by Crippen LogP contribution is -2.49. The summed E-state index contributed by atoms with van der Waals surface area (Å²) in [5, 5.41) is 2.85. The van der Waals surface area contributed by atoms with Gasteiger partial charge in [0.2, 0.25) is 0 Å². The van der Waals surface area contributed by atoms with E-state index in [2.05, 4.69) is 99.3 Å². The Labute approximate surface area is 243 Å². The summed E-state index contributed by atoms with van der Waals surface area (Å²) < 4.78 is 2.16. The standard InChI is InChI=1S/C34H38N3O3Si/c1-35(2)25-14-16-27-30(21-25)41(5,6)31-22-26(36(3)4)15-17-28(31)34(27)24-12-10-23(11-13-24)29(38)9-7-8-20-37-32(39)18-19-33(37)40/h10-19,21-22H,7-9,20H2,1-6H3/q+1. The first-order valence-corrected chi connectivity index (χ1v) is 17.2. The zero-order valence-electron chi connectivity index (χ0n) is 24.8. The molecule has 0 atom stereocenters. The van der Waals surface area contributed by atoms with Gasteiger partial charge in [-0.25, -0.2) is 4.58 Å². The van der Waals surface area contributed by atoms with Gasteiger partial charge in [-0.2, -0.15) is 0 Å². The van der Waals surface area contributed by atoms with Gasteiger partial charge in [-0.15, -0.1) is 0 Å². The molecule has 0 spiro atoms. The monoisotopic (exact) mass is 564 g/mol. The lowest BCUT2D eigenvalue weighted by atomic mass is 9.89. The summed E-state index contributed by atoms with van der Waals surface area (Å²) in [5.74, 6) is -0.479. The minimum Gasteiger partial charge on any atom is -0.378 e. The zero-order chi connectivity index (χ0) is 29.5. The van der Waals surface area contributed by atoms with E-state index in [1.54, 1.807) is 0 Å². The summed E-state index contributed by atoms with van der Waals surface area (Å²) in [5.41, 5.74) is 7.94. The van der Waals surface area contributed by atoms with Crippen molar-refractivity contribution >= 4 is 47.8 Å². The van der Waals surface area contributed by atoms with Crippen molar-refractivity contribution in [1.29, 1.82) is 0 Å². The number of carbonyl (C=O) groups is 3. The molecule has 2 aromatic carbocycles. The fourth-order valence-electron chi connectivity index (χ4n) is 5.87. The Morgan fingerprint density at radius 3 is 2.22 bits per heavy atom. The summed E-state index contributed by atoms with van der Waals surface area (Å²) in [4.78, 5) is 39.8. The van der Waals surface area contributed by atoms with E-state index in [1.807, 2.05) is 12.1 Å². The average Bonchev–Trinajstić information content (AvgIpc) is 3.27. The number of unbranched alkanes of at least 4 members (excludes halogenated alkanes) is 1. The first-order valence-electron chi connectivity index (χ1n) is 14.2. The number of hydrogen-bond donors (Lipinski definition) is 0. The second-order valence-corrected chi connectivity index (χ2v) is 16.2. The van der Waals surface area contributed by atoms with Crippen molar-refractivity contribution in [2.45, 2.75) is 32.4 Å². The van der Waals surface area contributed by atoms with Crippen molar-refractivity contribution in [3.8, 4) is 0 Å². The number of imide groups is 1. The molecular weight excluding hydrogens is 526 g/mol. The van der Waals surface area contributed by atoms with E-state index < -0.39 is 8.07 Å². The second-order valence-electron chi connectivity index (χ2n) is 11.9. The van der Waals surface area contributed by atoms with Crippen molar-refractivity contribution in [2.75, 3.05) is 39.6 Å². The molecule has 0 saturated carbocycles. The number of carbonyl (C=O) groups excluding carboxylic acids is 3. The highest BCUT2D eigenvalue weighted by Crippen LogP contribution is 2.41. The Morgan fingerprint density at radius 2 is 1.59 bits per heavy atom. The minimum absolute atomic E-state index is 0.0722. The molecule has 0 N–H and O–H groups in total.